The Hall–Kier alpha value is -2.56. The number of hydrogen-bond donors (Lipinski definition) is 1. The zero-order valence-corrected chi connectivity index (χ0v) is 10.2. The van der Waals surface area contributed by atoms with Crippen LogP contribution in [0, 0.1) is 0 Å². The van der Waals surface area contributed by atoms with Gasteiger partial charge in [-0.25, -0.2) is 4.79 Å². The average molecular weight is 257 g/mol. The van der Waals surface area contributed by atoms with Gasteiger partial charge in [0.1, 0.15) is 11.3 Å². The van der Waals surface area contributed by atoms with E-state index in [-0.39, 0.29) is 23.4 Å². The van der Waals surface area contributed by atoms with Gasteiger partial charge in [-0.3, -0.25) is 4.79 Å². The molecule has 0 atom stereocenters. The number of H-pyrrole nitrogens is 1. The van der Waals surface area contributed by atoms with Crippen LogP contribution in [-0.4, -0.2) is 17.6 Å². The molecule has 0 radical (unpaired) electrons. The first-order chi connectivity index (χ1) is 9.20. The summed E-state index contributed by atoms with van der Waals surface area (Å²) in [5, 5.41) is 0.839. The molecule has 0 saturated carbocycles. The smallest absolute Gasteiger partial charge is 0.354 e. The lowest BCUT2D eigenvalue weighted by Crippen LogP contribution is -2.04. The number of carbonyl (C=O) groups excluding carboxylic acids is 1. The second-order valence-electron chi connectivity index (χ2n) is 4.07. The number of carbonyl (C=O) groups is 1. The van der Waals surface area contributed by atoms with Gasteiger partial charge in [0.15, 0.2) is 0 Å². The van der Waals surface area contributed by atoms with Crippen LogP contribution >= 0.6 is 0 Å². The molecular formula is C14H11NO4. The van der Waals surface area contributed by atoms with Gasteiger partial charge in [-0.1, -0.05) is 12.1 Å². The molecule has 0 aliphatic carbocycles. The number of aromatic nitrogens is 1. The first-order valence-electron chi connectivity index (χ1n) is 5.92. The third kappa shape index (κ3) is 1.79. The molecule has 96 valence electrons. The summed E-state index contributed by atoms with van der Waals surface area (Å²) in [5.74, 6) is -0.502. The molecule has 0 saturated heterocycles. The molecule has 19 heavy (non-hydrogen) atoms. The van der Waals surface area contributed by atoms with Crippen molar-refractivity contribution in [3.8, 4) is 0 Å². The van der Waals surface area contributed by atoms with Crippen molar-refractivity contribution < 1.29 is 13.9 Å². The fourth-order valence-electron chi connectivity index (χ4n) is 2.00. The van der Waals surface area contributed by atoms with Crippen LogP contribution in [0.3, 0.4) is 0 Å². The van der Waals surface area contributed by atoms with Gasteiger partial charge < -0.3 is 14.1 Å². The third-order valence-electron chi connectivity index (χ3n) is 2.87. The number of para-hydroxylation sites is 1. The molecule has 3 rings (SSSR count). The zero-order chi connectivity index (χ0) is 13.4. The van der Waals surface area contributed by atoms with Crippen LogP contribution in [-0.2, 0) is 4.74 Å². The molecule has 3 aromatic rings. The minimum atomic E-state index is -0.502. The predicted octanol–water partition coefficient (Wildman–Crippen LogP) is 2.45. The number of rotatable bonds is 2. The molecule has 0 aliphatic rings. The van der Waals surface area contributed by atoms with E-state index in [0.717, 1.165) is 0 Å². The highest BCUT2D eigenvalue weighted by molar-refractivity contribution is 5.96. The largest absolute Gasteiger partial charge is 0.461 e. The van der Waals surface area contributed by atoms with E-state index in [9.17, 15) is 9.59 Å². The molecule has 0 amide bonds. The molecule has 0 bridgehead atoms. The van der Waals surface area contributed by atoms with Crippen LogP contribution in [0.25, 0.3) is 22.1 Å². The maximum absolute atomic E-state index is 12.2. The van der Waals surface area contributed by atoms with E-state index in [1.807, 2.05) is 0 Å². The molecule has 1 aromatic carbocycles. The Morgan fingerprint density at radius 2 is 2.11 bits per heavy atom. The van der Waals surface area contributed by atoms with Crippen molar-refractivity contribution in [1.82, 2.24) is 4.98 Å². The molecule has 5 heteroatoms. The summed E-state index contributed by atoms with van der Waals surface area (Å²) in [4.78, 5) is 26.6. The number of fused-ring (bicyclic) bond motifs is 2. The average Bonchev–Trinajstić information content (AvgIpc) is 2.84. The summed E-state index contributed by atoms with van der Waals surface area (Å²) in [7, 11) is 0. The van der Waals surface area contributed by atoms with Crippen LogP contribution < -0.4 is 5.43 Å². The van der Waals surface area contributed by atoms with Gasteiger partial charge >= 0.3 is 5.97 Å². The fraction of sp³-hybridized carbons (Fsp3) is 0.143. The normalized spacial score (nSPS) is 11.0. The van der Waals surface area contributed by atoms with E-state index >= 15 is 0 Å². The van der Waals surface area contributed by atoms with Gasteiger partial charge in [0.05, 0.1) is 17.4 Å². The number of esters is 1. The molecule has 2 aromatic heterocycles. The second kappa shape index (κ2) is 4.28. The highest BCUT2D eigenvalue weighted by Crippen LogP contribution is 2.19. The predicted molar refractivity (Wildman–Crippen MR) is 70.3 cm³/mol. The molecule has 0 aliphatic heterocycles. The van der Waals surface area contributed by atoms with E-state index in [1.165, 1.54) is 6.07 Å². The Bertz CT molecular complexity index is 828. The summed E-state index contributed by atoms with van der Waals surface area (Å²) in [6.45, 7) is 2.00. The summed E-state index contributed by atoms with van der Waals surface area (Å²) in [6, 6.07) is 8.42. The lowest BCUT2D eigenvalue weighted by Gasteiger charge is -1.96. The van der Waals surface area contributed by atoms with Crippen LogP contribution in [0.15, 0.2) is 39.5 Å². The molecular weight excluding hydrogens is 246 g/mol. The van der Waals surface area contributed by atoms with E-state index in [1.54, 1.807) is 31.2 Å². The highest BCUT2D eigenvalue weighted by Gasteiger charge is 2.15. The SMILES string of the molecule is CCOC(=O)c1cc2c(=O)c3ccccc3oc2[nH]1. The van der Waals surface area contributed by atoms with E-state index in [0.29, 0.717) is 16.4 Å². The highest BCUT2D eigenvalue weighted by atomic mass is 16.5. The summed E-state index contributed by atoms with van der Waals surface area (Å²) in [6.07, 6.45) is 0. The molecule has 0 unspecified atom stereocenters. The standard InChI is InChI=1S/C14H11NO4/c1-2-18-14(17)10-7-9-12(16)8-5-3-4-6-11(8)19-13(9)15-10/h3-7,15H,2H2,1H3. The van der Waals surface area contributed by atoms with Crippen LogP contribution in [0.1, 0.15) is 17.4 Å². The minimum absolute atomic E-state index is 0.163. The van der Waals surface area contributed by atoms with Crippen molar-refractivity contribution in [1.29, 1.82) is 0 Å². The monoisotopic (exact) mass is 257 g/mol. The Balaban J connectivity index is 2.28. The molecule has 0 fully saturated rings. The van der Waals surface area contributed by atoms with Crippen molar-refractivity contribution in [2.75, 3.05) is 6.61 Å². The topological polar surface area (TPSA) is 72.3 Å². The first kappa shape index (κ1) is 11.5. The summed E-state index contributed by atoms with van der Waals surface area (Å²) in [5.41, 5.74) is 0.820. The Morgan fingerprint density at radius 1 is 1.32 bits per heavy atom. The molecule has 2 heterocycles. The molecule has 1 N–H and O–H groups in total. The number of benzene rings is 1. The lowest BCUT2D eigenvalue weighted by molar-refractivity contribution is 0.0520. The van der Waals surface area contributed by atoms with Gasteiger partial charge in [-0.05, 0) is 25.1 Å². The third-order valence-corrected chi connectivity index (χ3v) is 2.87. The van der Waals surface area contributed by atoms with Gasteiger partial charge in [0.25, 0.3) is 0 Å². The number of ether oxygens (including phenoxy) is 1. The van der Waals surface area contributed by atoms with E-state index in [4.69, 9.17) is 9.15 Å². The van der Waals surface area contributed by atoms with Gasteiger partial charge in [-0.2, -0.15) is 0 Å². The van der Waals surface area contributed by atoms with Gasteiger partial charge in [0, 0.05) is 0 Å². The zero-order valence-electron chi connectivity index (χ0n) is 10.2. The fourth-order valence-corrected chi connectivity index (χ4v) is 2.00. The van der Waals surface area contributed by atoms with Crippen molar-refractivity contribution in [3.05, 3.63) is 46.2 Å². The maximum atomic E-state index is 12.2. The van der Waals surface area contributed by atoms with Crippen molar-refractivity contribution in [2.45, 2.75) is 6.92 Å². The number of nitrogens with one attached hydrogen (secondary N) is 1. The van der Waals surface area contributed by atoms with E-state index < -0.39 is 5.97 Å². The molecule has 0 spiro atoms. The van der Waals surface area contributed by atoms with Crippen molar-refractivity contribution in [3.63, 3.8) is 0 Å². The minimum Gasteiger partial charge on any atom is -0.461 e. The summed E-state index contributed by atoms with van der Waals surface area (Å²) < 4.78 is 10.5. The lowest BCUT2D eigenvalue weighted by atomic mass is 10.2. The Labute approximate surface area is 107 Å². The van der Waals surface area contributed by atoms with Gasteiger partial charge in [-0.15, -0.1) is 0 Å². The number of hydrogen-bond acceptors (Lipinski definition) is 4. The first-order valence-corrected chi connectivity index (χ1v) is 5.92. The van der Waals surface area contributed by atoms with Gasteiger partial charge in [0.2, 0.25) is 11.1 Å². The van der Waals surface area contributed by atoms with Crippen LogP contribution in [0.4, 0.5) is 0 Å². The quantitative estimate of drug-likeness (QED) is 0.716. The Kier molecular flexibility index (Phi) is 2.59. The van der Waals surface area contributed by atoms with Crippen molar-refractivity contribution >= 4 is 28.0 Å². The van der Waals surface area contributed by atoms with E-state index in [2.05, 4.69) is 4.98 Å². The number of aromatic amines is 1. The Morgan fingerprint density at radius 3 is 2.89 bits per heavy atom. The van der Waals surface area contributed by atoms with Crippen LogP contribution in [0.2, 0.25) is 0 Å². The molecule has 5 nitrogen and oxygen atoms in total. The second-order valence-corrected chi connectivity index (χ2v) is 4.07. The summed E-state index contributed by atoms with van der Waals surface area (Å²) >= 11 is 0. The maximum Gasteiger partial charge on any atom is 0.354 e. The van der Waals surface area contributed by atoms with Crippen LogP contribution in [0.5, 0.6) is 0 Å². The van der Waals surface area contributed by atoms with Crippen molar-refractivity contribution in [2.24, 2.45) is 0 Å².